The molecule has 29 heavy (non-hydrogen) atoms. The molecule has 0 fully saturated rings. The number of rotatable bonds is 5. The van der Waals surface area contributed by atoms with E-state index in [-0.39, 0.29) is 0 Å². The van der Waals surface area contributed by atoms with Crippen LogP contribution in [0.15, 0.2) is 79.3 Å². The molecule has 0 spiro atoms. The molecule has 0 bridgehead atoms. The molecule has 6 nitrogen and oxygen atoms in total. The van der Waals surface area contributed by atoms with Crippen LogP contribution in [0.4, 0.5) is 5.82 Å². The summed E-state index contributed by atoms with van der Waals surface area (Å²) in [5, 5.41) is 13.9. The molecule has 0 radical (unpaired) electrons. The fourth-order valence-electron chi connectivity index (χ4n) is 3.46. The fraction of sp³-hybridized carbons (Fsp3) is 0.0870. The van der Waals surface area contributed by atoms with Crippen LogP contribution in [0, 0.1) is 0 Å². The normalized spacial score (nSPS) is 11.1. The highest BCUT2D eigenvalue weighted by molar-refractivity contribution is 5.90. The van der Waals surface area contributed by atoms with E-state index >= 15 is 0 Å². The van der Waals surface area contributed by atoms with Gasteiger partial charge in [0.2, 0.25) is 0 Å². The van der Waals surface area contributed by atoms with Crippen molar-refractivity contribution in [2.24, 2.45) is 0 Å². The quantitative estimate of drug-likeness (QED) is 0.482. The molecule has 0 unspecified atom stereocenters. The van der Waals surface area contributed by atoms with Gasteiger partial charge in [0.05, 0.1) is 24.3 Å². The van der Waals surface area contributed by atoms with E-state index < -0.39 is 0 Å². The highest BCUT2D eigenvalue weighted by atomic mass is 16.5. The Bertz CT molecular complexity index is 1290. The summed E-state index contributed by atoms with van der Waals surface area (Å²) in [6.07, 6.45) is 3.62. The van der Waals surface area contributed by atoms with E-state index in [4.69, 9.17) is 4.74 Å². The van der Waals surface area contributed by atoms with E-state index in [0.29, 0.717) is 6.54 Å². The van der Waals surface area contributed by atoms with Crippen molar-refractivity contribution >= 4 is 27.6 Å². The van der Waals surface area contributed by atoms with Crippen LogP contribution in [-0.4, -0.2) is 26.9 Å². The van der Waals surface area contributed by atoms with Gasteiger partial charge in [-0.05, 0) is 42.0 Å². The smallest absolute Gasteiger partial charge is 0.156 e. The lowest BCUT2D eigenvalue weighted by Crippen LogP contribution is -2.03. The van der Waals surface area contributed by atoms with Crippen LogP contribution in [0.5, 0.6) is 5.75 Å². The zero-order valence-electron chi connectivity index (χ0n) is 15.9. The summed E-state index contributed by atoms with van der Waals surface area (Å²) in [6, 6.07) is 22.3. The van der Waals surface area contributed by atoms with Gasteiger partial charge in [-0.25, -0.2) is 4.98 Å². The Morgan fingerprint density at radius 1 is 1.00 bits per heavy atom. The number of imidazole rings is 1. The summed E-state index contributed by atoms with van der Waals surface area (Å²) in [5.41, 5.74) is 4.19. The Balaban J connectivity index is 1.40. The third kappa shape index (κ3) is 3.25. The second-order valence-corrected chi connectivity index (χ2v) is 6.77. The first-order valence-corrected chi connectivity index (χ1v) is 9.36. The standard InChI is InChI=1S/C23H19N5O/c1-29-19-9-7-18(8-10-19)28-15-25-21-12-16(6-11-22(21)28)13-24-23-20-5-3-2-4-17(20)14-26-27-23/h2-12,14-15H,13H2,1H3,(H,24,27). The number of methoxy groups -OCH3 is 1. The van der Waals surface area contributed by atoms with Gasteiger partial charge < -0.3 is 10.1 Å². The van der Waals surface area contributed by atoms with E-state index in [9.17, 15) is 0 Å². The maximum atomic E-state index is 5.24. The van der Waals surface area contributed by atoms with Crippen molar-refractivity contribution < 1.29 is 4.74 Å². The summed E-state index contributed by atoms with van der Waals surface area (Å²) in [5.74, 6) is 1.62. The van der Waals surface area contributed by atoms with E-state index in [2.05, 4.69) is 43.3 Å². The van der Waals surface area contributed by atoms with Gasteiger partial charge in [0, 0.05) is 23.0 Å². The third-order valence-corrected chi connectivity index (χ3v) is 4.99. The molecule has 142 valence electrons. The fourth-order valence-corrected chi connectivity index (χ4v) is 3.46. The molecule has 0 aliphatic carbocycles. The molecule has 0 saturated carbocycles. The minimum absolute atomic E-state index is 0.647. The largest absolute Gasteiger partial charge is 0.497 e. The maximum absolute atomic E-state index is 5.24. The van der Waals surface area contributed by atoms with Crippen LogP contribution < -0.4 is 10.1 Å². The average Bonchev–Trinajstić information content (AvgIpc) is 3.21. The van der Waals surface area contributed by atoms with Crippen LogP contribution in [0.25, 0.3) is 27.5 Å². The van der Waals surface area contributed by atoms with Crippen LogP contribution in [0.1, 0.15) is 5.56 Å². The van der Waals surface area contributed by atoms with Crippen LogP contribution >= 0.6 is 0 Å². The van der Waals surface area contributed by atoms with Gasteiger partial charge in [-0.15, -0.1) is 5.10 Å². The lowest BCUT2D eigenvalue weighted by Gasteiger charge is -2.09. The van der Waals surface area contributed by atoms with Gasteiger partial charge in [-0.2, -0.15) is 5.10 Å². The van der Waals surface area contributed by atoms with Crippen molar-refractivity contribution in [3.63, 3.8) is 0 Å². The molecule has 2 aromatic heterocycles. The zero-order valence-corrected chi connectivity index (χ0v) is 15.9. The molecular formula is C23H19N5O. The second kappa shape index (κ2) is 7.24. The second-order valence-electron chi connectivity index (χ2n) is 6.77. The Morgan fingerprint density at radius 2 is 1.86 bits per heavy atom. The number of fused-ring (bicyclic) bond motifs is 2. The van der Waals surface area contributed by atoms with Gasteiger partial charge in [-0.3, -0.25) is 4.57 Å². The molecule has 3 aromatic carbocycles. The molecule has 5 rings (SSSR count). The number of benzene rings is 3. The predicted molar refractivity (Wildman–Crippen MR) is 114 cm³/mol. The molecule has 2 heterocycles. The van der Waals surface area contributed by atoms with Crippen molar-refractivity contribution in [1.82, 2.24) is 19.7 Å². The van der Waals surface area contributed by atoms with Crippen molar-refractivity contribution in [1.29, 1.82) is 0 Å². The Labute approximate surface area is 167 Å². The van der Waals surface area contributed by atoms with Crippen molar-refractivity contribution in [2.75, 3.05) is 12.4 Å². The number of hydrogen-bond donors (Lipinski definition) is 1. The first-order valence-electron chi connectivity index (χ1n) is 9.36. The van der Waals surface area contributed by atoms with Crippen LogP contribution in [0.3, 0.4) is 0 Å². The van der Waals surface area contributed by atoms with E-state index in [0.717, 1.165) is 44.6 Å². The van der Waals surface area contributed by atoms with Crippen LogP contribution in [-0.2, 0) is 6.54 Å². The molecule has 0 atom stereocenters. The monoisotopic (exact) mass is 381 g/mol. The maximum Gasteiger partial charge on any atom is 0.156 e. The predicted octanol–water partition coefficient (Wildman–Crippen LogP) is 4.59. The molecule has 6 heteroatoms. The van der Waals surface area contributed by atoms with Crippen molar-refractivity contribution in [3.8, 4) is 11.4 Å². The number of aromatic nitrogens is 4. The summed E-state index contributed by atoms with van der Waals surface area (Å²) in [4.78, 5) is 4.58. The van der Waals surface area contributed by atoms with E-state index in [1.54, 1.807) is 13.3 Å². The van der Waals surface area contributed by atoms with E-state index in [1.807, 2.05) is 54.9 Å². The summed E-state index contributed by atoms with van der Waals surface area (Å²) < 4.78 is 7.31. The number of hydrogen-bond acceptors (Lipinski definition) is 5. The minimum Gasteiger partial charge on any atom is -0.497 e. The Hall–Kier alpha value is -3.93. The minimum atomic E-state index is 0.647. The number of nitrogens with zero attached hydrogens (tertiary/aromatic N) is 4. The summed E-state index contributed by atoms with van der Waals surface area (Å²) in [6.45, 7) is 0.647. The van der Waals surface area contributed by atoms with Crippen LogP contribution in [0.2, 0.25) is 0 Å². The molecule has 0 aliphatic rings. The molecular weight excluding hydrogens is 362 g/mol. The lowest BCUT2D eigenvalue weighted by atomic mass is 10.1. The number of ether oxygens (including phenoxy) is 1. The first-order chi connectivity index (χ1) is 14.3. The van der Waals surface area contributed by atoms with Crippen molar-refractivity contribution in [2.45, 2.75) is 6.54 Å². The Morgan fingerprint density at radius 3 is 2.72 bits per heavy atom. The average molecular weight is 381 g/mol. The molecule has 0 saturated heterocycles. The van der Waals surface area contributed by atoms with Gasteiger partial charge in [0.15, 0.2) is 5.82 Å². The highest BCUT2D eigenvalue weighted by Gasteiger charge is 2.07. The van der Waals surface area contributed by atoms with Gasteiger partial charge in [0.1, 0.15) is 12.1 Å². The zero-order chi connectivity index (χ0) is 19.6. The molecule has 0 aliphatic heterocycles. The van der Waals surface area contributed by atoms with Gasteiger partial charge in [0.25, 0.3) is 0 Å². The molecule has 1 N–H and O–H groups in total. The summed E-state index contributed by atoms with van der Waals surface area (Å²) in [7, 11) is 1.67. The van der Waals surface area contributed by atoms with Gasteiger partial charge >= 0.3 is 0 Å². The van der Waals surface area contributed by atoms with E-state index in [1.165, 1.54) is 0 Å². The molecule has 0 amide bonds. The topological polar surface area (TPSA) is 64.9 Å². The third-order valence-electron chi connectivity index (χ3n) is 4.99. The lowest BCUT2D eigenvalue weighted by molar-refractivity contribution is 0.415. The highest BCUT2D eigenvalue weighted by Crippen LogP contribution is 2.23. The summed E-state index contributed by atoms with van der Waals surface area (Å²) >= 11 is 0. The number of nitrogens with one attached hydrogen (secondary N) is 1. The van der Waals surface area contributed by atoms with Crippen molar-refractivity contribution in [3.05, 3.63) is 84.8 Å². The number of anilines is 1. The molecule has 5 aromatic rings. The Kier molecular flexibility index (Phi) is 4.29. The first kappa shape index (κ1) is 17.2. The van der Waals surface area contributed by atoms with Gasteiger partial charge in [-0.1, -0.05) is 30.3 Å². The SMILES string of the molecule is COc1ccc(-n2cnc3cc(CNc4nncc5ccccc45)ccc32)cc1.